The Balaban J connectivity index is 0.587. The fraction of sp³-hybridized carbons (Fsp3) is 0.0435. The maximum absolute atomic E-state index is 2.53. The van der Waals surface area contributed by atoms with Crippen LogP contribution in [0.3, 0.4) is 0 Å². The normalized spacial score (nSPS) is 13.8. The number of aryl methyl sites for hydroxylation is 1. The highest BCUT2D eigenvalue weighted by Gasteiger charge is 2.27. The maximum Gasteiger partial charge on any atom is 0.0468 e. The van der Waals surface area contributed by atoms with Crippen molar-refractivity contribution in [1.82, 2.24) is 0 Å². The van der Waals surface area contributed by atoms with Crippen LogP contribution in [0, 0.1) is 5.92 Å². The molecule has 0 radical (unpaired) electrons. The number of hydrogen-bond acceptors (Lipinski definition) is 4. The molecule has 2 aliphatic carbocycles. The molecule has 2 atom stereocenters. The molecule has 2 unspecified atom stereocenters. The standard InChI is InChI=1S/C115H80N2S2/c1-75-50-51-85(73-110(75)109-49-23-48-108-107-45-19-39-99(112(107)119-115(108)109)80-28-10-4-11-29-80)84-32-17-36-93(71-84)117(91-61-54-77(55-62-91)76-24-6-2-7-25-76)92-65-58-82(59-66-92)96-38-18-43-103-102(96)42-22-44-104(103)111-74-88(60-68-97(111)79-26-8-3-9-27-79)101-41-21-47-106-105-46-20-40-100(113(105)118-114(101)106)86-33-16-31-83(70-86)78-56-63-90(64-57-78)116(89-34-12-5-13-35-89)94-67-69-98-87(72-94)53-52-81-30-14-15-37-95(81)98/h2-14,16-36,38-75,110H,15,37H2,1H3. The molecule has 119 heavy (non-hydrogen) atoms. The van der Waals surface area contributed by atoms with Crippen molar-refractivity contribution in [3.05, 3.63) is 447 Å². The summed E-state index contributed by atoms with van der Waals surface area (Å²) < 4.78 is 5.28. The summed E-state index contributed by atoms with van der Waals surface area (Å²) in [4.78, 5) is 4.80. The summed E-state index contributed by atoms with van der Waals surface area (Å²) in [7, 11) is 0. The quantitative estimate of drug-likeness (QED) is 0.0951. The first kappa shape index (κ1) is 71.3. The van der Waals surface area contributed by atoms with Crippen molar-refractivity contribution in [2.24, 2.45) is 5.92 Å². The van der Waals surface area contributed by atoms with Crippen LogP contribution in [-0.4, -0.2) is 0 Å². The van der Waals surface area contributed by atoms with Gasteiger partial charge in [0.25, 0.3) is 0 Å². The van der Waals surface area contributed by atoms with Gasteiger partial charge >= 0.3 is 0 Å². The third-order valence-electron chi connectivity index (χ3n) is 24.7. The third-order valence-corrected chi connectivity index (χ3v) is 27.3. The Bertz CT molecular complexity index is 7400. The first-order valence-corrected chi connectivity index (χ1v) is 43.1. The summed E-state index contributed by atoms with van der Waals surface area (Å²) in [6.45, 7) is 2.37. The zero-order chi connectivity index (χ0) is 78.9. The van der Waals surface area contributed by atoms with Crippen LogP contribution in [0.15, 0.2) is 425 Å². The van der Waals surface area contributed by atoms with Crippen molar-refractivity contribution >= 4 is 130 Å². The van der Waals surface area contributed by atoms with Gasteiger partial charge in [-0.25, -0.2) is 0 Å². The van der Waals surface area contributed by atoms with Crippen molar-refractivity contribution in [2.45, 2.75) is 25.7 Å². The zero-order valence-electron chi connectivity index (χ0n) is 65.8. The molecule has 2 heterocycles. The number of hydrogen-bond donors (Lipinski definition) is 0. The summed E-state index contributed by atoms with van der Waals surface area (Å²) in [5, 5.41) is 10.2. The molecular formula is C115H80N2S2. The molecule has 0 N–H and O–H groups in total. The minimum absolute atomic E-state index is 0.190. The molecule has 0 saturated heterocycles. The van der Waals surface area contributed by atoms with Crippen LogP contribution in [0.2, 0.25) is 0 Å². The van der Waals surface area contributed by atoms with Gasteiger partial charge in [-0.3, -0.25) is 0 Å². The molecule has 18 aromatic carbocycles. The molecule has 22 rings (SSSR count). The molecule has 2 aromatic heterocycles. The van der Waals surface area contributed by atoms with E-state index in [2.05, 4.69) is 447 Å². The van der Waals surface area contributed by atoms with E-state index in [1.807, 2.05) is 22.7 Å². The average molecular weight is 1550 g/mol. The second kappa shape index (κ2) is 30.4. The van der Waals surface area contributed by atoms with E-state index in [0.717, 1.165) is 52.5 Å². The van der Waals surface area contributed by atoms with E-state index in [4.69, 9.17) is 0 Å². The average Bonchev–Trinajstić information content (AvgIpc) is 1.56. The number of thiophene rings is 2. The molecule has 4 heteroatoms. The van der Waals surface area contributed by atoms with E-state index < -0.39 is 0 Å². The van der Waals surface area contributed by atoms with Crippen LogP contribution in [0.5, 0.6) is 0 Å². The molecule has 0 aliphatic heterocycles. The third kappa shape index (κ3) is 13.1. The highest BCUT2D eigenvalue weighted by Crippen LogP contribution is 2.51. The van der Waals surface area contributed by atoms with Crippen molar-refractivity contribution in [3.8, 4) is 89.0 Å². The molecule has 0 amide bonds. The van der Waals surface area contributed by atoms with Gasteiger partial charge in [-0.05, 0) is 242 Å². The van der Waals surface area contributed by atoms with Crippen LogP contribution in [0.1, 0.15) is 41.5 Å². The molecule has 20 aromatic rings. The van der Waals surface area contributed by atoms with E-state index in [1.165, 1.54) is 173 Å². The van der Waals surface area contributed by atoms with E-state index in [0.29, 0.717) is 5.92 Å². The van der Waals surface area contributed by atoms with Crippen molar-refractivity contribution in [1.29, 1.82) is 0 Å². The van der Waals surface area contributed by atoms with E-state index >= 15 is 0 Å². The summed E-state index contributed by atoms with van der Waals surface area (Å²) in [5.74, 6) is 0.501. The van der Waals surface area contributed by atoms with Crippen LogP contribution in [-0.2, 0) is 6.42 Å². The van der Waals surface area contributed by atoms with Gasteiger partial charge in [0.15, 0.2) is 0 Å². The Kier molecular flexibility index (Phi) is 18.2. The van der Waals surface area contributed by atoms with Gasteiger partial charge in [0.05, 0.1) is 0 Å². The zero-order valence-corrected chi connectivity index (χ0v) is 67.4. The van der Waals surface area contributed by atoms with Crippen LogP contribution in [0.4, 0.5) is 34.1 Å². The van der Waals surface area contributed by atoms with E-state index in [9.17, 15) is 0 Å². The van der Waals surface area contributed by atoms with Crippen LogP contribution < -0.4 is 9.80 Å². The number of fused-ring (bicyclic) bond motifs is 10. The largest absolute Gasteiger partial charge is 0.310 e. The topological polar surface area (TPSA) is 6.48 Å². The maximum atomic E-state index is 2.53. The van der Waals surface area contributed by atoms with Gasteiger partial charge in [-0.1, -0.05) is 353 Å². The van der Waals surface area contributed by atoms with Crippen molar-refractivity contribution < 1.29 is 0 Å². The molecule has 0 spiro atoms. The summed E-state index contributed by atoms with van der Waals surface area (Å²) >= 11 is 3.85. The predicted octanol–water partition coefficient (Wildman–Crippen LogP) is 33.3. The van der Waals surface area contributed by atoms with Crippen LogP contribution in [0.25, 0.3) is 163 Å². The van der Waals surface area contributed by atoms with Gasteiger partial charge in [0, 0.05) is 80.4 Å². The minimum atomic E-state index is 0.190. The second-order valence-corrected chi connectivity index (χ2v) is 33.7. The molecule has 2 aliphatic rings. The first-order valence-electron chi connectivity index (χ1n) is 41.4. The van der Waals surface area contributed by atoms with Crippen molar-refractivity contribution in [2.75, 3.05) is 9.80 Å². The lowest BCUT2D eigenvalue weighted by Gasteiger charge is -2.27. The van der Waals surface area contributed by atoms with Gasteiger partial charge < -0.3 is 9.80 Å². The minimum Gasteiger partial charge on any atom is -0.310 e. The van der Waals surface area contributed by atoms with Crippen LogP contribution >= 0.6 is 22.7 Å². The van der Waals surface area contributed by atoms with Gasteiger partial charge in [0.1, 0.15) is 0 Å². The molecule has 0 saturated carbocycles. The van der Waals surface area contributed by atoms with Crippen molar-refractivity contribution in [3.63, 3.8) is 0 Å². The highest BCUT2D eigenvalue weighted by atomic mass is 32.1. The smallest absolute Gasteiger partial charge is 0.0468 e. The molecule has 2 nitrogen and oxygen atoms in total. The Morgan fingerprint density at radius 1 is 0.261 bits per heavy atom. The SMILES string of the molecule is CC1C=CC(c2cccc(N(c3ccc(-c4ccccc4)cc3)c3ccc(-c4cccc5c(-c6cc(-c7cccc8c7sc7c(-c9cccc(-c%10ccc(N(c%11ccccc%11)c%11ccc%12c%13c(ccc%12c%11)C=CCC%13)cc%10)c9)cccc78)ccc6-c6ccccc6)cccc45)cc3)c2)=CC1c1cccc2c1sc1c(-c3ccccc3)cccc12. The molecular weight excluding hydrogens is 1470 g/mol. The lowest BCUT2D eigenvalue weighted by atomic mass is 9.80. The monoisotopic (exact) mass is 1550 g/mol. The number of benzene rings is 18. The lowest BCUT2D eigenvalue weighted by molar-refractivity contribution is 0.642. The Labute approximate surface area is 702 Å². The highest BCUT2D eigenvalue weighted by molar-refractivity contribution is 7.27. The predicted molar refractivity (Wildman–Crippen MR) is 513 cm³/mol. The van der Waals surface area contributed by atoms with Gasteiger partial charge in [0.2, 0.25) is 0 Å². The Morgan fingerprint density at radius 2 is 0.689 bits per heavy atom. The number of allylic oxidation sites excluding steroid dienone is 5. The Morgan fingerprint density at radius 3 is 1.34 bits per heavy atom. The summed E-state index contributed by atoms with van der Waals surface area (Å²) in [5.41, 5.74) is 32.4. The first-order chi connectivity index (χ1) is 58.9. The van der Waals surface area contributed by atoms with E-state index in [1.54, 1.807) is 0 Å². The summed E-state index contributed by atoms with van der Waals surface area (Å²) in [6.07, 6.45) is 14.0. The number of para-hydroxylation sites is 1. The fourth-order valence-corrected chi connectivity index (χ4v) is 21.5. The number of rotatable bonds is 16. The molecule has 0 bridgehead atoms. The lowest BCUT2D eigenvalue weighted by Crippen LogP contribution is -2.11. The molecule has 0 fully saturated rings. The summed E-state index contributed by atoms with van der Waals surface area (Å²) in [6, 6.07) is 149. The Hall–Kier alpha value is -14.3. The molecule has 562 valence electrons. The number of anilines is 6. The van der Waals surface area contributed by atoms with Gasteiger partial charge in [-0.15, -0.1) is 22.7 Å². The van der Waals surface area contributed by atoms with Gasteiger partial charge in [-0.2, -0.15) is 0 Å². The number of nitrogens with zero attached hydrogens (tertiary/aromatic N) is 2. The fourth-order valence-electron chi connectivity index (χ4n) is 18.8. The van der Waals surface area contributed by atoms with E-state index in [-0.39, 0.29) is 5.92 Å². The second-order valence-electron chi connectivity index (χ2n) is 31.7.